The summed E-state index contributed by atoms with van der Waals surface area (Å²) in [5.41, 5.74) is -0.0859. The van der Waals surface area contributed by atoms with Gasteiger partial charge in [-0.3, -0.25) is 14.4 Å². The van der Waals surface area contributed by atoms with Crippen molar-refractivity contribution in [2.45, 2.75) is 25.4 Å². The van der Waals surface area contributed by atoms with Crippen molar-refractivity contribution in [1.29, 1.82) is 0 Å². The number of carbonyl (C=O) groups is 4. The number of methoxy groups -OCH3 is 1. The molecule has 3 N–H and O–H groups in total. The average molecular weight is 432 g/mol. The second kappa shape index (κ2) is 9.99. The lowest BCUT2D eigenvalue weighted by Gasteiger charge is -2.34. The number of ether oxygens (including phenoxy) is 1. The topological polar surface area (TPSA) is 148 Å². The molecule has 0 saturated carbocycles. The number of nitrogens with zero attached hydrogens (tertiary/aromatic N) is 2. The van der Waals surface area contributed by atoms with Gasteiger partial charge in [-0.2, -0.15) is 0 Å². The summed E-state index contributed by atoms with van der Waals surface area (Å²) in [5.74, 6) is -2.71. The van der Waals surface area contributed by atoms with E-state index in [1.807, 2.05) is 6.92 Å². The maximum Gasteiger partial charge on any atom is 0.331 e. The van der Waals surface area contributed by atoms with Gasteiger partial charge in [-0.15, -0.1) is 22.9 Å². The summed E-state index contributed by atoms with van der Waals surface area (Å²) in [6.45, 7) is 2.11. The molecule has 1 saturated heterocycles. The maximum atomic E-state index is 12.6. The number of anilines is 1. The Kier molecular flexibility index (Phi) is 7.70. The lowest BCUT2D eigenvalue weighted by atomic mass is 9.99. The van der Waals surface area contributed by atoms with Gasteiger partial charge in [0.05, 0.1) is 7.11 Å². The zero-order valence-corrected chi connectivity index (χ0v) is 16.6. The number of nitrogens with one attached hydrogen (secondary N) is 3. The van der Waals surface area contributed by atoms with Crippen LogP contribution in [0.3, 0.4) is 0 Å². The Labute approximate surface area is 168 Å². The number of halogens is 1. The molecule has 2 heterocycles. The molecule has 0 aromatic carbocycles. The molecule has 11 nitrogen and oxygen atoms in total. The van der Waals surface area contributed by atoms with Gasteiger partial charge in [0.25, 0.3) is 5.91 Å². The molecule has 28 heavy (non-hydrogen) atoms. The minimum Gasteiger partial charge on any atom is -0.467 e. The molecule has 0 aliphatic carbocycles. The van der Waals surface area contributed by atoms with E-state index in [4.69, 9.17) is 16.4 Å². The van der Waals surface area contributed by atoms with Crippen LogP contribution in [-0.2, 0) is 28.8 Å². The number of hydrogen-bond acceptors (Lipinski definition) is 9. The molecule has 2 rings (SSSR count). The Morgan fingerprint density at radius 2 is 2.18 bits per heavy atom. The minimum absolute atomic E-state index is 0.123. The SMILES string of the molecule is CCCON=C(C(=O)N[C@H]1C(=O)N[C@H]1C(=O)OC)c1csc(NC(=O)CCl)n1. The van der Waals surface area contributed by atoms with E-state index in [1.165, 1.54) is 12.5 Å². The zero-order chi connectivity index (χ0) is 20.7. The Morgan fingerprint density at radius 3 is 2.79 bits per heavy atom. The van der Waals surface area contributed by atoms with Crippen molar-refractivity contribution in [3.63, 3.8) is 0 Å². The Balaban J connectivity index is 2.17. The number of esters is 1. The van der Waals surface area contributed by atoms with E-state index in [0.29, 0.717) is 6.42 Å². The largest absolute Gasteiger partial charge is 0.467 e. The molecule has 1 aliphatic heterocycles. The monoisotopic (exact) mass is 431 g/mol. The van der Waals surface area contributed by atoms with E-state index in [0.717, 1.165) is 11.3 Å². The van der Waals surface area contributed by atoms with Gasteiger partial charge in [0.15, 0.2) is 16.9 Å². The standard InChI is InChI=1S/C15H18ClN5O6S/c1-3-4-27-21-9(7-6-28-15(17-7)18-8(22)5-16)12(23)19-10-11(14(25)26-2)20-13(10)24/h6,10-11H,3-5H2,1-2H3,(H,19,23)(H,20,24)(H,17,18,22)/t10-,11-/m1/s1. The maximum absolute atomic E-state index is 12.6. The van der Waals surface area contributed by atoms with Crippen LogP contribution >= 0.6 is 22.9 Å². The third-order valence-electron chi connectivity index (χ3n) is 3.44. The summed E-state index contributed by atoms with van der Waals surface area (Å²) in [7, 11) is 1.17. The first-order chi connectivity index (χ1) is 13.4. The quantitative estimate of drug-likeness (QED) is 0.120. The van der Waals surface area contributed by atoms with Gasteiger partial charge in [0, 0.05) is 5.38 Å². The molecular weight excluding hydrogens is 414 g/mol. The molecule has 13 heteroatoms. The van der Waals surface area contributed by atoms with E-state index in [1.54, 1.807) is 0 Å². The average Bonchev–Trinajstić information content (AvgIpc) is 3.14. The summed E-state index contributed by atoms with van der Waals surface area (Å²) in [4.78, 5) is 56.5. The highest BCUT2D eigenvalue weighted by Gasteiger charge is 2.46. The van der Waals surface area contributed by atoms with Gasteiger partial charge in [0.1, 0.15) is 24.2 Å². The molecule has 3 amide bonds. The minimum atomic E-state index is -1.11. The lowest BCUT2D eigenvalue weighted by molar-refractivity contribution is -0.153. The fraction of sp³-hybridized carbons (Fsp3) is 0.467. The van der Waals surface area contributed by atoms with Crippen LogP contribution in [0.25, 0.3) is 0 Å². The number of thiazole rings is 1. The Morgan fingerprint density at radius 1 is 1.43 bits per heavy atom. The van der Waals surface area contributed by atoms with Crippen molar-refractivity contribution in [3.05, 3.63) is 11.1 Å². The van der Waals surface area contributed by atoms with Crippen LogP contribution in [0.1, 0.15) is 19.0 Å². The van der Waals surface area contributed by atoms with E-state index in [2.05, 4.69) is 30.8 Å². The van der Waals surface area contributed by atoms with Crippen molar-refractivity contribution in [2.75, 3.05) is 24.9 Å². The molecule has 1 aromatic heterocycles. The molecule has 0 unspecified atom stereocenters. The zero-order valence-electron chi connectivity index (χ0n) is 15.0. The molecule has 0 spiro atoms. The summed E-state index contributed by atoms with van der Waals surface area (Å²) in [6, 6.07) is -2.10. The highest BCUT2D eigenvalue weighted by atomic mass is 35.5. The Hall–Kier alpha value is -2.73. The number of β-lactam (4-membered cyclic amide) rings is 1. The van der Waals surface area contributed by atoms with Gasteiger partial charge >= 0.3 is 5.97 Å². The smallest absolute Gasteiger partial charge is 0.331 e. The third-order valence-corrected chi connectivity index (χ3v) is 4.44. The summed E-state index contributed by atoms with van der Waals surface area (Å²) >= 11 is 6.49. The fourth-order valence-electron chi connectivity index (χ4n) is 2.06. The van der Waals surface area contributed by atoms with Crippen LogP contribution in [0.2, 0.25) is 0 Å². The molecule has 152 valence electrons. The lowest BCUT2D eigenvalue weighted by Crippen LogP contribution is -2.72. The van der Waals surface area contributed by atoms with Crippen LogP contribution in [0, 0.1) is 0 Å². The van der Waals surface area contributed by atoms with Gasteiger partial charge in [-0.25, -0.2) is 9.78 Å². The second-order valence-electron chi connectivity index (χ2n) is 5.45. The van der Waals surface area contributed by atoms with E-state index < -0.39 is 35.8 Å². The molecule has 1 fully saturated rings. The number of oxime groups is 1. The van der Waals surface area contributed by atoms with E-state index in [-0.39, 0.29) is 29.0 Å². The Bertz CT molecular complexity index is 798. The molecular formula is C15H18ClN5O6S. The van der Waals surface area contributed by atoms with Crippen LogP contribution in [0.5, 0.6) is 0 Å². The highest BCUT2D eigenvalue weighted by Crippen LogP contribution is 2.17. The van der Waals surface area contributed by atoms with Crippen LogP contribution in [-0.4, -0.2) is 66.1 Å². The third kappa shape index (κ3) is 5.16. The number of carbonyl (C=O) groups excluding carboxylic acids is 4. The van der Waals surface area contributed by atoms with E-state index >= 15 is 0 Å². The van der Waals surface area contributed by atoms with Crippen molar-refractivity contribution >= 4 is 57.5 Å². The summed E-state index contributed by atoms with van der Waals surface area (Å²) < 4.78 is 4.57. The molecule has 1 aliphatic rings. The molecule has 0 radical (unpaired) electrons. The van der Waals surface area contributed by atoms with Gasteiger partial charge in [0.2, 0.25) is 11.8 Å². The molecule has 1 aromatic rings. The predicted octanol–water partition coefficient (Wildman–Crippen LogP) is -0.393. The second-order valence-corrected chi connectivity index (χ2v) is 6.58. The predicted molar refractivity (Wildman–Crippen MR) is 100 cm³/mol. The molecule has 0 bridgehead atoms. The number of amides is 3. The first-order valence-corrected chi connectivity index (χ1v) is 9.53. The van der Waals surface area contributed by atoms with Gasteiger partial charge < -0.3 is 25.5 Å². The summed E-state index contributed by atoms with van der Waals surface area (Å²) in [5, 5.41) is 12.7. The molecule has 2 atom stereocenters. The van der Waals surface area contributed by atoms with Gasteiger partial charge in [-0.05, 0) is 6.42 Å². The van der Waals surface area contributed by atoms with Crippen molar-refractivity contribution in [2.24, 2.45) is 5.16 Å². The van der Waals surface area contributed by atoms with Crippen molar-refractivity contribution in [1.82, 2.24) is 15.6 Å². The van der Waals surface area contributed by atoms with Gasteiger partial charge in [-0.1, -0.05) is 12.1 Å². The van der Waals surface area contributed by atoms with Crippen LogP contribution in [0.4, 0.5) is 5.13 Å². The summed E-state index contributed by atoms with van der Waals surface area (Å²) in [6.07, 6.45) is 0.655. The first kappa shape index (κ1) is 21.6. The van der Waals surface area contributed by atoms with Crippen molar-refractivity contribution in [3.8, 4) is 0 Å². The number of alkyl halides is 1. The fourth-order valence-corrected chi connectivity index (χ4v) is 2.84. The van der Waals surface area contributed by atoms with Crippen LogP contribution in [0.15, 0.2) is 10.5 Å². The van der Waals surface area contributed by atoms with E-state index in [9.17, 15) is 19.2 Å². The number of aromatic nitrogens is 1. The highest BCUT2D eigenvalue weighted by molar-refractivity contribution is 7.14. The van der Waals surface area contributed by atoms with Crippen LogP contribution < -0.4 is 16.0 Å². The number of rotatable bonds is 9. The number of hydrogen-bond donors (Lipinski definition) is 3. The normalized spacial score (nSPS) is 18.5. The van der Waals surface area contributed by atoms with Crippen molar-refractivity contribution < 1.29 is 28.8 Å². The first-order valence-electron chi connectivity index (χ1n) is 8.12.